The van der Waals surface area contributed by atoms with Gasteiger partial charge in [-0.05, 0) is 28.4 Å². The van der Waals surface area contributed by atoms with Crippen LogP contribution in [0.3, 0.4) is 0 Å². The standard InChI is InChI=1S/C11H11BrClF2NO2/c1-2-18-9(17)3-8-6(4-13)10(11(14)15)7(12)5-16-8/h5,11H,2-4H2,1H3. The lowest BCUT2D eigenvalue weighted by atomic mass is 10.1. The topological polar surface area (TPSA) is 39.2 Å². The Balaban J connectivity index is 3.13. The van der Waals surface area contributed by atoms with E-state index in [1.165, 1.54) is 6.20 Å². The van der Waals surface area contributed by atoms with Crippen LogP contribution in [0.4, 0.5) is 8.78 Å². The Hall–Kier alpha value is -0.750. The van der Waals surface area contributed by atoms with Gasteiger partial charge >= 0.3 is 5.97 Å². The van der Waals surface area contributed by atoms with Crippen molar-refractivity contribution in [2.45, 2.75) is 25.7 Å². The van der Waals surface area contributed by atoms with Crippen molar-refractivity contribution in [3.05, 3.63) is 27.5 Å². The number of halogens is 4. The fraction of sp³-hybridized carbons (Fsp3) is 0.455. The number of nitrogens with zero attached hydrogens (tertiary/aromatic N) is 1. The molecule has 0 aliphatic carbocycles. The Bertz CT molecular complexity index is 443. The molecule has 1 aromatic rings. The van der Waals surface area contributed by atoms with Gasteiger partial charge in [0.2, 0.25) is 0 Å². The molecule has 0 aliphatic rings. The molecule has 0 saturated heterocycles. The number of carbonyl (C=O) groups excluding carboxylic acids is 1. The molecule has 0 aliphatic heterocycles. The summed E-state index contributed by atoms with van der Waals surface area (Å²) in [5.74, 6) is -0.653. The van der Waals surface area contributed by atoms with Crippen LogP contribution in [0.1, 0.15) is 30.2 Å². The van der Waals surface area contributed by atoms with Crippen LogP contribution in [0.5, 0.6) is 0 Å². The second-order valence-electron chi connectivity index (χ2n) is 3.36. The van der Waals surface area contributed by atoms with Gasteiger partial charge in [0, 0.05) is 22.1 Å². The quantitative estimate of drug-likeness (QED) is 0.606. The molecule has 0 fully saturated rings. The number of hydrogen-bond acceptors (Lipinski definition) is 3. The summed E-state index contributed by atoms with van der Waals surface area (Å²) in [6, 6.07) is 0. The normalized spacial score (nSPS) is 10.8. The minimum Gasteiger partial charge on any atom is -0.466 e. The molecular weight excluding hydrogens is 331 g/mol. The van der Waals surface area contributed by atoms with E-state index in [1.54, 1.807) is 6.92 Å². The molecular formula is C11H11BrClF2NO2. The largest absolute Gasteiger partial charge is 0.466 e. The van der Waals surface area contributed by atoms with Crippen LogP contribution >= 0.6 is 27.5 Å². The fourth-order valence-corrected chi connectivity index (χ4v) is 2.28. The second-order valence-corrected chi connectivity index (χ2v) is 4.48. The molecule has 0 spiro atoms. The average molecular weight is 343 g/mol. The van der Waals surface area contributed by atoms with Crippen LogP contribution in [0.25, 0.3) is 0 Å². The molecule has 0 bridgehead atoms. The lowest BCUT2D eigenvalue weighted by Crippen LogP contribution is -2.12. The molecule has 0 amide bonds. The SMILES string of the molecule is CCOC(=O)Cc1ncc(Br)c(C(F)F)c1CCl. The van der Waals surface area contributed by atoms with E-state index < -0.39 is 12.4 Å². The number of hydrogen-bond donors (Lipinski definition) is 0. The van der Waals surface area contributed by atoms with Crippen molar-refractivity contribution >= 4 is 33.5 Å². The smallest absolute Gasteiger partial charge is 0.311 e. The first-order valence-electron chi connectivity index (χ1n) is 5.17. The summed E-state index contributed by atoms with van der Waals surface area (Å²) in [6.45, 7) is 1.90. The maximum atomic E-state index is 12.9. The van der Waals surface area contributed by atoms with E-state index in [0.29, 0.717) is 0 Å². The third kappa shape index (κ3) is 3.62. The summed E-state index contributed by atoms with van der Waals surface area (Å²) in [6.07, 6.45) is -1.60. The minimum atomic E-state index is -2.68. The Morgan fingerprint density at radius 3 is 2.78 bits per heavy atom. The number of esters is 1. The molecule has 18 heavy (non-hydrogen) atoms. The first-order valence-corrected chi connectivity index (χ1v) is 6.49. The van der Waals surface area contributed by atoms with E-state index in [4.69, 9.17) is 16.3 Å². The van der Waals surface area contributed by atoms with E-state index in [2.05, 4.69) is 20.9 Å². The predicted octanol–water partition coefficient (Wildman–Crippen LogP) is 3.63. The molecule has 0 radical (unpaired) electrons. The summed E-state index contributed by atoms with van der Waals surface area (Å²) in [4.78, 5) is 15.3. The van der Waals surface area contributed by atoms with Crippen molar-refractivity contribution in [3.63, 3.8) is 0 Å². The molecule has 0 saturated carbocycles. The number of ether oxygens (including phenoxy) is 1. The minimum absolute atomic E-state index is 0.138. The van der Waals surface area contributed by atoms with Crippen LogP contribution in [0.2, 0.25) is 0 Å². The predicted molar refractivity (Wildman–Crippen MR) is 66.8 cm³/mol. The molecule has 0 atom stereocenters. The van der Waals surface area contributed by atoms with E-state index >= 15 is 0 Å². The summed E-state index contributed by atoms with van der Waals surface area (Å²) in [5.41, 5.74) is 0.176. The molecule has 100 valence electrons. The van der Waals surface area contributed by atoms with Crippen molar-refractivity contribution in [2.24, 2.45) is 0 Å². The molecule has 3 nitrogen and oxygen atoms in total. The highest BCUT2D eigenvalue weighted by Crippen LogP contribution is 2.32. The van der Waals surface area contributed by atoms with Crippen molar-refractivity contribution in [1.82, 2.24) is 4.98 Å². The van der Waals surface area contributed by atoms with Gasteiger partial charge in [-0.1, -0.05) is 0 Å². The van der Waals surface area contributed by atoms with Gasteiger partial charge in [-0.2, -0.15) is 0 Å². The maximum absolute atomic E-state index is 12.9. The Morgan fingerprint density at radius 1 is 1.61 bits per heavy atom. The van der Waals surface area contributed by atoms with Crippen LogP contribution in [0.15, 0.2) is 10.7 Å². The van der Waals surface area contributed by atoms with Gasteiger partial charge in [0.15, 0.2) is 0 Å². The van der Waals surface area contributed by atoms with E-state index in [1.807, 2.05) is 0 Å². The van der Waals surface area contributed by atoms with Crippen LogP contribution in [-0.4, -0.2) is 17.6 Å². The zero-order valence-electron chi connectivity index (χ0n) is 9.55. The second kappa shape index (κ2) is 6.99. The third-order valence-corrected chi connectivity index (χ3v) is 3.13. The van der Waals surface area contributed by atoms with Gasteiger partial charge in [-0.3, -0.25) is 9.78 Å². The third-order valence-electron chi connectivity index (χ3n) is 2.23. The zero-order chi connectivity index (χ0) is 13.7. The van der Waals surface area contributed by atoms with E-state index in [-0.39, 0.29) is 40.2 Å². The highest BCUT2D eigenvalue weighted by Gasteiger charge is 2.21. The summed E-state index contributed by atoms with van der Waals surface area (Å²) >= 11 is 8.67. The number of rotatable bonds is 5. The zero-order valence-corrected chi connectivity index (χ0v) is 11.9. The molecule has 1 heterocycles. The molecule has 0 unspecified atom stereocenters. The Kier molecular flexibility index (Phi) is 5.95. The van der Waals surface area contributed by atoms with E-state index in [9.17, 15) is 13.6 Å². The summed E-state index contributed by atoms with van der Waals surface area (Å²) in [7, 11) is 0. The first-order chi connectivity index (χ1) is 8.51. The number of alkyl halides is 3. The Labute approximate surface area is 117 Å². The average Bonchev–Trinajstić information content (AvgIpc) is 2.30. The van der Waals surface area contributed by atoms with Gasteiger partial charge in [0.25, 0.3) is 6.43 Å². The van der Waals surface area contributed by atoms with Crippen LogP contribution < -0.4 is 0 Å². The fourth-order valence-electron chi connectivity index (χ4n) is 1.47. The highest BCUT2D eigenvalue weighted by molar-refractivity contribution is 9.10. The van der Waals surface area contributed by atoms with Crippen molar-refractivity contribution < 1.29 is 18.3 Å². The number of aromatic nitrogens is 1. The first kappa shape index (κ1) is 15.3. The van der Waals surface area contributed by atoms with Gasteiger partial charge in [-0.15, -0.1) is 11.6 Å². The molecule has 1 aromatic heterocycles. The Morgan fingerprint density at radius 2 is 2.28 bits per heavy atom. The van der Waals surface area contributed by atoms with Gasteiger partial charge in [0.1, 0.15) is 0 Å². The lowest BCUT2D eigenvalue weighted by Gasteiger charge is -2.12. The van der Waals surface area contributed by atoms with Crippen molar-refractivity contribution in [3.8, 4) is 0 Å². The molecule has 7 heteroatoms. The maximum Gasteiger partial charge on any atom is 0.311 e. The monoisotopic (exact) mass is 341 g/mol. The molecule has 1 rings (SSSR count). The van der Waals surface area contributed by atoms with Gasteiger partial charge in [-0.25, -0.2) is 8.78 Å². The highest BCUT2D eigenvalue weighted by atomic mass is 79.9. The van der Waals surface area contributed by atoms with Gasteiger partial charge < -0.3 is 4.74 Å². The van der Waals surface area contributed by atoms with E-state index in [0.717, 1.165) is 0 Å². The van der Waals surface area contributed by atoms with Crippen LogP contribution in [0, 0.1) is 0 Å². The number of pyridine rings is 1. The lowest BCUT2D eigenvalue weighted by molar-refractivity contribution is -0.142. The summed E-state index contributed by atoms with van der Waals surface area (Å²) in [5, 5.41) is 0. The molecule has 0 aromatic carbocycles. The van der Waals surface area contributed by atoms with Crippen molar-refractivity contribution in [2.75, 3.05) is 6.61 Å². The van der Waals surface area contributed by atoms with Crippen LogP contribution in [-0.2, 0) is 21.8 Å². The van der Waals surface area contributed by atoms with Gasteiger partial charge in [0.05, 0.1) is 18.7 Å². The number of carbonyl (C=O) groups is 1. The van der Waals surface area contributed by atoms with Crippen molar-refractivity contribution in [1.29, 1.82) is 0 Å². The summed E-state index contributed by atoms with van der Waals surface area (Å²) < 4.78 is 30.8. The molecule has 0 N–H and O–H groups in total.